The van der Waals surface area contributed by atoms with Gasteiger partial charge >= 0.3 is 5.97 Å². The Morgan fingerprint density at radius 3 is 3.07 bits per heavy atom. The zero-order valence-electron chi connectivity index (χ0n) is 8.43. The minimum Gasteiger partial charge on any atom is -0.444 e. The van der Waals surface area contributed by atoms with Crippen molar-refractivity contribution in [3.63, 3.8) is 0 Å². The van der Waals surface area contributed by atoms with Gasteiger partial charge in [0.05, 0.1) is 10.7 Å². The Labute approximate surface area is 91.8 Å². The Balaban J connectivity index is 2.52. The monoisotopic (exact) mass is 222 g/mol. The third kappa shape index (κ3) is 3.92. The van der Waals surface area contributed by atoms with Crippen LogP contribution in [0.2, 0.25) is 0 Å². The van der Waals surface area contributed by atoms with Crippen molar-refractivity contribution < 1.29 is 9.53 Å². The average Bonchev–Trinajstić information content (AvgIpc) is 2.61. The lowest BCUT2D eigenvalue weighted by Gasteiger charge is -2.00. The Hall–Kier alpha value is -1.67. The second kappa shape index (κ2) is 5.27. The summed E-state index contributed by atoms with van der Waals surface area (Å²) in [6.45, 7) is 3.40. The Morgan fingerprint density at radius 1 is 1.80 bits per heavy atom. The number of esters is 1. The summed E-state index contributed by atoms with van der Waals surface area (Å²) >= 11 is 1.51. The molecule has 0 aliphatic rings. The van der Waals surface area contributed by atoms with Crippen LogP contribution < -0.4 is 0 Å². The van der Waals surface area contributed by atoms with E-state index in [1.54, 1.807) is 6.08 Å². The fourth-order valence-electron chi connectivity index (χ4n) is 0.850. The topological polar surface area (TPSA) is 63.0 Å². The fraction of sp³-hybridized carbons (Fsp3) is 0.300. The number of nitriles is 1. The summed E-state index contributed by atoms with van der Waals surface area (Å²) < 4.78 is 4.72. The molecule has 78 valence electrons. The maximum Gasteiger partial charge on any atom is 0.332 e. The maximum absolute atomic E-state index is 11.1. The predicted octanol–water partition coefficient (Wildman–Crippen LogP) is 1.92. The van der Waals surface area contributed by atoms with Crippen molar-refractivity contribution in [2.75, 3.05) is 0 Å². The summed E-state index contributed by atoms with van der Waals surface area (Å²) in [5.74, 6) is -0.533. The van der Waals surface area contributed by atoms with Gasteiger partial charge in [0.15, 0.2) is 6.10 Å². The van der Waals surface area contributed by atoms with Gasteiger partial charge in [-0.05, 0) is 19.9 Å². The van der Waals surface area contributed by atoms with Gasteiger partial charge in [-0.1, -0.05) is 0 Å². The summed E-state index contributed by atoms with van der Waals surface area (Å²) in [5.41, 5.74) is 0.721. The molecule has 1 aromatic heterocycles. The smallest absolute Gasteiger partial charge is 0.332 e. The molecule has 4 nitrogen and oxygen atoms in total. The van der Waals surface area contributed by atoms with E-state index in [0.717, 1.165) is 10.7 Å². The zero-order valence-corrected chi connectivity index (χ0v) is 9.25. The standard InChI is InChI=1S/C10H10N2O2S/c1-7(5-11)14-10(13)4-3-9-6-15-8(2)12-9/h3-4,6-7H,1-2H3/b4-3+. The molecule has 0 aliphatic carbocycles. The number of carbonyl (C=O) groups excluding carboxylic acids is 1. The summed E-state index contributed by atoms with van der Waals surface area (Å²) in [5, 5.41) is 11.2. The van der Waals surface area contributed by atoms with Crippen LogP contribution in [0.25, 0.3) is 6.08 Å². The van der Waals surface area contributed by atoms with Gasteiger partial charge in [-0.2, -0.15) is 5.26 Å². The van der Waals surface area contributed by atoms with Crippen molar-refractivity contribution in [1.82, 2.24) is 4.98 Å². The third-order valence-corrected chi connectivity index (χ3v) is 2.29. The first-order chi connectivity index (χ1) is 7.11. The third-order valence-electron chi connectivity index (χ3n) is 1.50. The molecule has 0 saturated heterocycles. The number of ether oxygens (including phenoxy) is 1. The number of rotatable bonds is 3. The van der Waals surface area contributed by atoms with Crippen LogP contribution in [0.3, 0.4) is 0 Å². The highest BCUT2D eigenvalue weighted by molar-refractivity contribution is 7.09. The van der Waals surface area contributed by atoms with Gasteiger partial charge in [0.25, 0.3) is 0 Å². The van der Waals surface area contributed by atoms with E-state index in [0.29, 0.717) is 0 Å². The number of thiazole rings is 1. The van der Waals surface area contributed by atoms with Crippen molar-refractivity contribution >= 4 is 23.4 Å². The van der Waals surface area contributed by atoms with Gasteiger partial charge < -0.3 is 4.74 Å². The van der Waals surface area contributed by atoms with Crippen molar-refractivity contribution in [3.05, 3.63) is 22.2 Å². The first-order valence-electron chi connectivity index (χ1n) is 4.32. The van der Waals surface area contributed by atoms with Crippen molar-refractivity contribution in [2.45, 2.75) is 20.0 Å². The van der Waals surface area contributed by atoms with Crippen molar-refractivity contribution in [2.24, 2.45) is 0 Å². The minimum absolute atomic E-state index is 0.533. The van der Waals surface area contributed by atoms with Gasteiger partial charge in [0.1, 0.15) is 6.07 Å². The van der Waals surface area contributed by atoms with Crippen LogP contribution in [0.1, 0.15) is 17.6 Å². The Kier molecular flexibility index (Phi) is 4.01. The van der Waals surface area contributed by atoms with E-state index >= 15 is 0 Å². The van der Waals surface area contributed by atoms with Gasteiger partial charge in [-0.15, -0.1) is 11.3 Å². The Bertz CT molecular complexity index is 417. The predicted molar refractivity (Wildman–Crippen MR) is 57.1 cm³/mol. The van der Waals surface area contributed by atoms with Crippen molar-refractivity contribution in [3.8, 4) is 6.07 Å². The minimum atomic E-state index is -0.723. The highest BCUT2D eigenvalue weighted by Crippen LogP contribution is 2.09. The molecule has 0 amide bonds. The molecule has 15 heavy (non-hydrogen) atoms. The van der Waals surface area contributed by atoms with Gasteiger partial charge in [-0.3, -0.25) is 0 Å². The molecule has 1 aromatic rings. The van der Waals surface area contributed by atoms with Gasteiger partial charge in [0, 0.05) is 11.5 Å². The van der Waals surface area contributed by atoms with E-state index in [9.17, 15) is 4.79 Å². The lowest BCUT2D eigenvalue weighted by Crippen LogP contribution is -2.10. The summed E-state index contributed by atoms with van der Waals surface area (Å²) in [7, 11) is 0. The van der Waals surface area contributed by atoms with Crippen LogP contribution in [-0.4, -0.2) is 17.1 Å². The average molecular weight is 222 g/mol. The van der Waals surface area contributed by atoms with E-state index in [1.165, 1.54) is 24.3 Å². The molecule has 0 radical (unpaired) electrons. The first-order valence-corrected chi connectivity index (χ1v) is 5.20. The summed E-state index contributed by atoms with van der Waals surface area (Å²) in [4.78, 5) is 15.2. The van der Waals surface area contributed by atoms with Crippen LogP contribution in [0.4, 0.5) is 0 Å². The molecule has 5 heteroatoms. The molecule has 0 saturated carbocycles. The highest BCUT2D eigenvalue weighted by Gasteiger charge is 2.04. The molecular formula is C10H10N2O2S. The molecule has 0 N–H and O–H groups in total. The number of hydrogen-bond acceptors (Lipinski definition) is 5. The summed E-state index contributed by atoms with van der Waals surface area (Å²) in [6, 6.07) is 1.81. The first kappa shape index (κ1) is 11.4. The molecule has 1 rings (SSSR count). The van der Waals surface area contributed by atoms with Gasteiger partial charge in [-0.25, -0.2) is 9.78 Å². The van der Waals surface area contributed by atoms with Crippen LogP contribution in [-0.2, 0) is 9.53 Å². The largest absolute Gasteiger partial charge is 0.444 e. The fourth-order valence-corrected chi connectivity index (χ4v) is 1.43. The number of nitrogens with zero attached hydrogens (tertiary/aromatic N) is 2. The normalized spacial score (nSPS) is 12.3. The maximum atomic E-state index is 11.1. The van der Waals surface area contributed by atoms with Crippen LogP contribution in [0.5, 0.6) is 0 Å². The molecule has 0 fully saturated rings. The van der Waals surface area contributed by atoms with Gasteiger partial charge in [0.2, 0.25) is 0 Å². The molecule has 0 bridgehead atoms. The van der Waals surface area contributed by atoms with Crippen LogP contribution >= 0.6 is 11.3 Å². The second-order valence-corrected chi connectivity index (χ2v) is 3.90. The molecule has 1 unspecified atom stereocenters. The number of aryl methyl sites for hydroxylation is 1. The SMILES string of the molecule is Cc1nc(/C=C/C(=O)OC(C)C#N)cs1. The van der Waals surface area contributed by atoms with E-state index < -0.39 is 12.1 Å². The molecular weight excluding hydrogens is 212 g/mol. The van der Waals surface area contributed by atoms with Crippen LogP contribution in [0.15, 0.2) is 11.5 Å². The number of aromatic nitrogens is 1. The summed E-state index contributed by atoms with van der Waals surface area (Å²) in [6.07, 6.45) is 2.11. The van der Waals surface area contributed by atoms with E-state index in [-0.39, 0.29) is 0 Å². The number of carbonyl (C=O) groups is 1. The van der Waals surface area contributed by atoms with E-state index in [4.69, 9.17) is 10.00 Å². The number of hydrogen-bond donors (Lipinski definition) is 0. The molecule has 1 atom stereocenters. The lowest BCUT2D eigenvalue weighted by atomic mass is 10.4. The second-order valence-electron chi connectivity index (χ2n) is 2.83. The lowest BCUT2D eigenvalue weighted by molar-refractivity contribution is -0.139. The molecule has 1 heterocycles. The quantitative estimate of drug-likeness (QED) is 0.579. The van der Waals surface area contributed by atoms with Crippen molar-refractivity contribution in [1.29, 1.82) is 5.26 Å². The van der Waals surface area contributed by atoms with E-state index in [2.05, 4.69) is 4.98 Å². The molecule has 0 spiro atoms. The van der Waals surface area contributed by atoms with Crippen LogP contribution in [0, 0.1) is 18.3 Å². The van der Waals surface area contributed by atoms with E-state index in [1.807, 2.05) is 18.4 Å². The zero-order chi connectivity index (χ0) is 11.3. The Morgan fingerprint density at radius 2 is 2.53 bits per heavy atom. The molecule has 0 aliphatic heterocycles. The molecule has 0 aromatic carbocycles. The highest BCUT2D eigenvalue weighted by atomic mass is 32.1.